The highest BCUT2D eigenvalue weighted by Gasteiger charge is 2.29. The number of nitrogens with zero attached hydrogens (tertiary/aromatic N) is 1. The molecule has 3 nitrogen and oxygen atoms in total. The number of hydrogen-bond donors (Lipinski definition) is 0. The van der Waals surface area contributed by atoms with Gasteiger partial charge in [0.25, 0.3) is 0 Å². The van der Waals surface area contributed by atoms with Crippen LogP contribution in [0, 0.1) is 24.1 Å². The second kappa shape index (κ2) is 12.2. The van der Waals surface area contributed by atoms with E-state index in [1.807, 2.05) is 20.8 Å². The van der Waals surface area contributed by atoms with E-state index in [4.69, 9.17) is 16.3 Å². The number of benzene rings is 1. The van der Waals surface area contributed by atoms with E-state index in [0.717, 1.165) is 23.1 Å². The quantitative estimate of drug-likeness (QED) is 0.156. The van der Waals surface area contributed by atoms with Crippen LogP contribution in [0.3, 0.4) is 0 Å². The molecule has 1 aliphatic heterocycles. The van der Waals surface area contributed by atoms with Gasteiger partial charge in [-0.15, -0.1) is 23.9 Å². The number of aliphatic imine (C=N–C) groups is 1. The molecule has 1 atom stereocenters. The number of Topliss-reactive ketones (excluding diaryl/α,β-unsaturated/α-hetero) is 1. The normalized spacial score (nSPS) is 16.9. The van der Waals surface area contributed by atoms with Gasteiger partial charge >= 0.3 is 0 Å². The minimum absolute atomic E-state index is 0.0127. The molecule has 28 heavy (non-hydrogen) atoms. The van der Waals surface area contributed by atoms with Gasteiger partial charge in [-0.3, -0.25) is 9.79 Å². The average molecular weight is 404 g/mol. The van der Waals surface area contributed by atoms with Crippen LogP contribution < -0.4 is 4.74 Å². The van der Waals surface area contributed by atoms with Crippen molar-refractivity contribution in [1.82, 2.24) is 0 Å². The molecule has 1 aromatic carbocycles. The molecule has 0 aromatic heterocycles. The number of carbonyl (C=O) groups is 1. The Hall–Kier alpha value is -2.38. The van der Waals surface area contributed by atoms with Crippen LogP contribution in [0.2, 0.25) is 0 Å². The Balaban J connectivity index is 0.00000122. The molecule has 0 amide bonds. The van der Waals surface area contributed by atoms with Crippen LogP contribution in [-0.4, -0.2) is 24.6 Å². The molecule has 0 radical (unpaired) electrons. The summed E-state index contributed by atoms with van der Waals surface area (Å²) in [5.41, 5.74) is 3.22. The molecule has 0 fully saturated rings. The summed E-state index contributed by atoms with van der Waals surface area (Å²) < 4.78 is 19.1. The number of carbonyl (C=O) groups excluding carboxylic acids is 1. The van der Waals surface area contributed by atoms with Gasteiger partial charge in [0.15, 0.2) is 5.78 Å². The summed E-state index contributed by atoms with van der Waals surface area (Å²) in [5, 5.41) is 0. The first-order chi connectivity index (χ1) is 13.4. The second-order valence-corrected chi connectivity index (χ2v) is 6.54. The average Bonchev–Trinajstić information content (AvgIpc) is 2.70. The predicted molar refractivity (Wildman–Crippen MR) is 115 cm³/mol. The predicted octanol–water partition coefficient (Wildman–Crippen LogP) is 5.53. The number of allylic oxidation sites excluding steroid dienone is 4. The van der Waals surface area contributed by atoms with Crippen molar-refractivity contribution in [2.24, 2.45) is 10.9 Å². The van der Waals surface area contributed by atoms with Crippen LogP contribution in [0.15, 0.2) is 46.0 Å². The Morgan fingerprint density at radius 1 is 1.50 bits per heavy atom. The molecular formula is C23H27ClFNO2. The van der Waals surface area contributed by atoms with Crippen molar-refractivity contribution in [3.63, 3.8) is 0 Å². The largest absolute Gasteiger partial charge is 0.493 e. The lowest BCUT2D eigenvalue weighted by molar-refractivity contribution is -0.120. The summed E-state index contributed by atoms with van der Waals surface area (Å²) in [6.07, 6.45) is 9.34. The van der Waals surface area contributed by atoms with Crippen LogP contribution in [0.4, 0.5) is 4.39 Å². The van der Waals surface area contributed by atoms with Crippen molar-refractivity contribution in [1.29, 1.82) is 0 Å². The van der Waals surface area contributed by atoms with E-state index in [2.05, 4.69) is 17.3 Å². The number of halogens is 2. The lowest BCUT2D eigenvalue weighted by atomic mass is 9.85. The van der Waals surface area contributed by atoms with Gasteiger partial charge in [0.05, 0.1) is 12.5 Å². The molecule has 0 saturated carbocycles. The van der Waals surface area contributed by atoms with E-state index in [-0.39, 0.29) is 23.5 Å². The number of hydrogen-bond acceptors (Lipinski definition) is 3. The molecule has 1 aliphatic rings. The Bertz CT molecular complexity index is 818. The zero-order valence-electron chi connectivity index (χ0n) is 16.9. The monoisotopic (exact) mass is 403 g/mol. The van der Waals surface area contributed by atoms with Crippen LogP contribution in [-0.2, 0) is 11.2 Å². The highest BCUT2D eigenvalue weighted by Crippen LogP contribution is 2.31. The van der Waals surface area contributed by atoms with Gasteiger partial charge in [-0.1, -0.05) is 18.6 Å². The molecule has 150 valence electrons. The van der Waals surface area contributed by atoms with Gasteiger partial charge in [0.1, 0.15) is 17.6 Å². The molecule has 0 aliphatic carbocycles. The van der Waals surface area contributed by atoms with Crippen molar-refractivity contribution in [3.8, 4) is 18.1 Å². The fraction of sp³-hybridized carbons (Fsp3) is 0.391. The van der Waals surface area contributed by atoms with Gasteiger partial charge in [0, 0.05) is 17.4 Å². The third-order valence-electron chi connectivity index (χ3n) is 4.42. The maximum absolute atomic E-state index is 13.5. The number of rotatable bonds is 6. The van der Waals surface area contributed by atoms with Gasteiger partial charge in [0.2, 0.25) is 0 Å². The second-order valence-electron chi connectivity index (χ2n) is 6.30. The zero-order valence-corrected chi connectivity index (χ0v) is 17.6. The number of terminal acetylenes is 1. The molecule has 1 aromatic rings. The molecule has 5 heteroatoms. The van der Waals surface area contributed by atoms with Crippen LogP contribution >= 0.6 is 11.6 Å². The molecule has 2 rings (SSSR count). The van der Waals surface area contributed by atoms with Gasteiger partial charge < -0.3 is 4.74 Å². The van der Waals surface area contributed by atoms with Crippen LogP contribution in [0.25, 0.3) is 0 Å². The van der Waals surface area contributed by atoms with E-state index in [9.17, 15) is 9.18 Å². The summed E-state index contributed by atoms with van der Waals surface area (Å²) >= 11 is 5.66. The van der Waals surface area contributed by atoms with Crippen LogP contribution in [0.5, 0.6) is 5.75 Å². The molecule has 1 heterocycles. The number of alkyl halides is 1. The first kappa shape index (κ1) is 23.7. The number of fused-ring (bicyclic) bond motifs is 1. The molecule has 1 unspecified atom stereocenters. The highest BCUT2D eigenvalue weighted by molar-refractivity contribution is 6.18. The summed E-state index contributed by atoms with van der Waals surface area (Å²) in [7, 11) is 0. The molecule has 0 saturated heterocycles. The van der Waals surface area contributed by atoms with E-state index in [1.54, 1.807) is 25.3 Å². The lowest BCUT2D eigenvalue weighted by Gasteiger charge is -2.25. The standard InChI is InChI=1S/C20H23ClFNO2.C3H4/c1-4-13(3)18(10-23-12-21)17(5-2)20(24)15-8-14-9-16(22)6-7-19(14)25-11-15;1-3-2/h5-7,9-10,15H,4,8,11-12H2,1-3H3;1H,2H3/b17-5+,18-13-,23-10-;. The van der Waals surface area contributed by atoms with Crippen molar-refractivity contribution >= 4 is 23.6 Å². The van der Waals surface area contributed by atoms with Gasteiger partial charge in [-0.25, -0.2) is 4.39 Å². The van der Waals surface area contributed by atoms with Gasteiger partial charge in [-0.2, -0.15) is 0 Å². The minimum atomic E-state index is -0.343. The fourth-order valence-electron chi connectivity index (χ4n) is 2.91. The Kier molecular flexibility index (Phi) is 10.3. The fourth-order valence-corrected chi connectivity index (χ4v) is 2.98. The van der Waals surface area contributed by atoms with Gasteiger partial charge in [-0.05, 0) is 57.4 Å². The van der Waals surface area contributed by atoms with Crippen molar-refractivity contribution in [3.05, 3.63) is 52.4 Å². The molecule has 0 spiro atoms. The minimum Gasteiger partial charge on any atom is -0.493 e. The Morgan fingerprint density at radius 3 is 2.75 bits per heavy atom. The van der Waals surface area contributed by atoms with E-state index in [0.29, 0.717) is 24.4 Å². The number of ketones is 1. The first-order valence-electron chi connectivity index (χ1n) is 9.18. The maximum Gasteiger partial charge on any atom is 0.170 e. The highest BCUT2D eigenvalue weighted by atomic mass is 35.5. The number of ether oxygens (including phenoxy) is 1. The third kappa shape index (κ3) is 6.35. The summed E-state index contributed by atoms with van der Waals surface area (Å²) in [6, 6.07) is 4.56. The SMILES string of the molecule is C#CC.C\C=C(C(=O)C1COc2ccc(F)cc2C1)/C(/C=N\CCl)=C(/C)CC. The van der Waals surface area contributed by atoms with E-state index < -0.39 is 0 Å². The topological polar surface area (TPSA) is 38.7 Å². The zero-order chi connectivity index (χ0) is 21.1. The van der Waals surface area contributed by atoms with E-state index in [1.165, 1.54) is 12.1 Å². The first-order valence-corrected chi connectivity index (χ1v) is 9.71. The van der Waals surface area contributed by atoms with E-state index >= 15 is 0 Å². The third-order valence-corrected chi connectivity index (χ3v) is 4.56. The van der Waals surface area contributed by atoms with Crippen molar-refractivity contribution < 1.29 is 13.9 Å². The lowest BCUT2D eigenvalue weighted by Crippen LogP contribution is -2.30. The summed E-state index contributed by atoms with van der Waals surface area (Å²) in [4.78, 5) is 17.2. The van der Waals surface area contributed by atoms with Crippen molar-refractivity contribution in [2.75, 3.05) is 12.6 Å². The summed E-state index contributed by atoms with van der Waals surface area (Å²) in [5.74, 6) is 2.22. The Labute approximate surface area is 172 Å². The van der Waals surface area contributed by atoms with Crippen molar-refractivity contribution in [2.45, 2.75) is 40.5 Å². The molecule has 0 N–H and O–H groups in total. The molecular weight excluding hydrogens is 377 g/mol. The van der Waals surface area contributed by atoms with Crippen LogP contribution in [0.1, 0.15) is 39.7 Å². The summed E-state index contributed by atoms with van der Waals surface area (Å²) in [6.45, 7) is 7.79. The maximum atomic E-state index is 13.5. The smallest absolute Gasteiger partial charge is 0.170 e. The molecule has 0 bridgehead atoms. The Morgan fingerprint density at radius 2 is 2.18 bits per heavy atom.